The summed E-state index contributed by atoms with van der Waals surface area (Å²) >= 11 is 0. The van der Waals surface area contributed by atoms with Crippen molar-refractivity contribution < 1.29 is 14.5 Å². The van der Waals surface area contributed by atoms with Gasteiger partial charge in [0.15, 0.2) is 5.52 Å². The molecule has 0 bridgehead atoms. The van der Waals surface area contributed by atoms with E-state index in [-0.39, 0.29) is 22.4 Å². The Kier molecular flexibility index (Phi) is 3.89. The summed E-state index contributed by atoms with van der Waals surface area (Å²) in [6.45, 7) is 0. The van der Waals surface area contributed by atoms with E-state index < -0.39 is 9.85 Å². The molecular weight excluding hydrogens is 332 g/mol. The number of nitrogens with zero attached hydrogens (tertiary/aromatic N) is 5. The van der Waals surface area contributed by atoms with E-state index >= 15 is 0 Å². The fourth-order valence-electron chi connectivity index (χ4n) is 2.38. The second kappa shape index (κ2) is 6.03. The molecule has 11 heteroatoms. The maximum atomic E-state index is 11.4. The van der Waals surface area contributed by atoms with Crippen molar-refractivity contribution in [1.82, 2.24) is 10.3 Å². The van der Waals surface area contributed by atoms with E-state index in [1.165, 1.54) is 24.3 Å². The third kappa shape index (κ3) is 2.89. The highest BCUT2D eigenvalue weighted by molar-refractivity contribution is 6.00. The lowest BCUT2D eigenvalue weighted by molar-refractivity contribution is -0.384. The smallest absolute Gasteiger partial charge is 0.323 e. The van der Waals surface area contributed by atoms with Crippen LogP contribution in [0.4, 0.5) is 28.4 Å². The van der Waals surface area contributed by atoms with Crippen molar-refractivity contribution >= 4 is 39.5 Å². The first-order valence-electron chi connectivity index (χ1n) is 7.01. The molecule has 0 aliphatic heterocycles. The van der Waals surface area contributed by atoms with Crippen molar-refractivity contribution in [2.75, 3.05) is 24.3 Å². The van der Waals surface area contributed by atoms with Crippen molar-refractivity contribution in [1.29, 1.82) is 0 Å². The monoisotopic (exact) mass is 344 g/mol. The highest BCUT2D eigenvalue weighted by Crippen LogP contribution is 2.39. The SMILES string of the molecule is CN(C)c1cc(Nc2cccc([N+](=O)[O-])c2)c2nonc2c1[N+](=O)[O-]. The molecule has 25 heavy (non-hydrogen) atoms. The van der Waals surface area contributed by atoms with Crippen LogP contribution in [0.15, 0.2) is 35.0 Å². The molecule has 0 saturated carbocycles. The molecule has 0 fully saturated rings. The molecule has 0 saturated heterocycles. The largest absolute Gasteiger partial charge is 0.372 e. The third-order valence-electron chi connectivity index (χ3n) is 3.49. The molecule has 0 amide bonds. The minimum atomic E-state index is -0.557. The highest BCUT2D eigenvalue weighted by atomic mass is 16.6. The summed E-state index contributed by atoms with van der Waals surface area (Å²) in [5.41, 5.74) is 0.928. The first-order chi connectivity index (χ1) is 11.9. The summed E-state index contributed by atoms with van der Waals surface area (Å²) < 4.78 is 4.66. The molecular formula is C14H12N6O5. The third-order valence-corrected chi connectivity index (χ3v) is 3.49. The van der Waals surface area contributed by atoms with Crippen molar-refractivity contribution in [3.05, 3.63) is 50.6 Å². The summed E-state index contributed by atoms with van der Waals surface area (Å²) in [5.74, 6) is 0. The molecule has 0 aliphatic rings. The van der Waals surface area contributed by atoms with E-state index in [2.05, 4.69) is 20.3 Å². The molecule has 0 atom stereocenters. The Hall–Kier alpha value is -3.76. The first kappa shape index (κ1) is 16.1. The summed E-state index contributed by atoms with van der Waals surface area (Å²) in [7, 11) is 3.30. The molecule has 0 spiro atoms. The molecule has 1 heterocycles. The number of benzene rings is 2. The Morgan fingerprint density at radius 3 is 2.44 bits per heavy atom. The maximum absolute atomic E-state index is 11.4. The van der Waals surface area contributed by atoms with Gasteiger partial charge in [-0.2, -0.15) is 0 Å². The van der Waals surface area contributed by atoms with Gasteiger partial charge in [-0.05, 0) is 22.4 Å². The fraction of sp³-hybridized carbons (Fsp3) is 0.143. The average Bonchev–Trinajstić information content (AvgIpc) is 3.03. The van der Waals surface area contributed by atoms with Crippen LogP contribution in [-0.2, 0) is 0 Å². The normalized spacial score (nSPS) is 10.6. The van der Waals surface area contributed by atoms with Gasteiger partial charge < -0.3 is 10.2 Å². The molecule has 0 aliphatic carbocycles. The van der Waals surface area contributed by atoms with E-state index in [4.69, 9.17) is 0 Å². The summed E-state index contributed by atoms with van der Waals surface area (Å²) in [5, 5.41) is 32.6. The number of rotatable bonds is 5. The second-order valence-electron chi connectivity index (χ2n) is 5.34. The lowest BCUT2D eigenvalue weighted by atomic mass is 10.1. The molecule has 3 aromatic rings. The molecule has 2 aromatic carbocycles. The Labute approximate surface area is 140 Å². The Morgan fingerprint density at radius 2 is 1.80 bits per heavy atom. The molecule has 128 valence electrons. The zero-order valence-corrected chi connectivity index (χ0v) is 13.2. The van der Waals surface area contributed by atoms with Crippen LogP contribution in [0.2, 0.25) is 0 Å². The molecule has 1 N–H and O–H groups in total. The van der Waals surface area contributed by atoms with Gasteiger partial charge in [0, 0.05) is 31.9 Å². The van der Waals surface area contributed by atoms with E-state index in [0.717, 1.165) is 0 Å². The van der Waals surface area contributed by atoms with Crippen LogP contribution in [0.1, 0.15) is 0 Å². The van der Waals surface area contributed by atoms with Crippen LogP contribution in [0.5, 0.6) is 0 Å². The van der Waals surface area contributed by atoms with Gasteiger partial charge in [0.25, 0.3) is 5.69 Å². The van der Waals surface area contributed by atoms with Crippen LogP contribution in [-0.4, -0.2) is 34.3 Å². The van der Waals surface area contributed by atoms with Gasteiger partial charge in [0.1, 0.15) is 5.69 Å². The van der Waals surface area contributed by atoms with E-state index in [1.807, 2.05) is 0 Å². The van der Waals surface area contributed by atoms with Gasteiger partial charge in [-0.3, -0.25) is 20.2 Å². The average molecular weight is 344 g/mol. The predicted molar refractivity (Wildman–Crippen MR) is 89.2 cm³/mol. The standard InChI is InChI=1S/C14H12N6O5/c1-18(2)11-7-10(12-13(17-25-16-12)14(11)20(23)24)15-8-4-3-5-9(6-8)19(21)22/h3-7,15H,1-2H3. The number of nitro groups is 2. The highest BCUT2D eigenvalue weighted by Gasteiger charge is 2.27. The molecule has 0 unspecified atom stereocenters. The number of hydrogen-bond donors (Lipinski definition) is 1. The lowest BCUT2D eigenvalue weighted by Gasteiger charge is -2.15. The van der Waals surface area contributed by atoms with Gasteiger partial charge in [0.2, 0.25) is 5.52 Å². The van der Waals surface area contributed by atoms with Gasteiger partial charge in [-0.1, -0.05) is 6.07 Å². The van der Waals surface area contributed by atoms with E-state index in [1.54, 1.807) is 25.1 Å². The van der Waals surface area contributed by atoms with Gasteiger partial charge in [-0.25, -0.2) is 4.63 Å². The molecule has 3 rings (SSSR count). The van der Waals surface area contributed by atoms with Crippen molar-refractivity contribution in [2.45, 2.75) is 0 Å². The number of non-ortho nitro benzene ring substituents is 1. The molecule has 11 nitrogen and oxygen atoms in total. The zero-order valence-electron chi connectivity index (χ0n) is 13.2. The lowest BCUT2D eigenvalue weighted by Crippen LogP contribution is -2.12. The minimum Gasteiger partial charge on any atom is -0.372 e. The van der Waals surface area contributed by atoms with Gasteiger partial charge in [-0.15, -0.1) is 0 Å². The van der Waals surface area contributed by atoms with Crippen LogP contribution in [0, 0.1) is 20.2 Å². The molecule has 0 radical (unpaired) electrons. The van der Waals surface area contributed by atoms with Crippen LogP contribution in [0.25, 0.3) is 11.0 Å². The summed E-state index contributed by atoms with van der Waals surface area (Å²) in [4.78, 5) is 22.8. The number of fused-ring (bicyclic) bond motifs is 1. The summed E-state index contributed by atoms with van der Waals surface area (Å²) in [6, 6.07) is 7.37. The van der Waals surface area contributed by atoms with Gasteiger partial charge >= 0.3 is 5.69 Å². The van der Waals surface area contributed by atoms with Crippen LogP contribution < -0.4 is 10.2 Å². The van der Waals surface area contributed by atoms with Crippen molar-refractivity contribution in [3.8, 4) is 0 Å². The summed E-state index contributed by atoms with van der Waals surface area (Å²) in [6.07, 6.45) is 0. The Bertz CT molecular complexity index is 983. The molecule has 1 aromatic heterocycles. The zero-order chi connectivity index (χ0) is 18.1. The van der Waals surface area contributed by atoms with E-state index in [9.17, 15) is 20.2 Å². The number of anilines is 3. The predicted octanol–water partition coefficient (Wildman–Crippen LogP) is 2.85. The quantitative estimate of drug-likeness (QED) is 0.546. The fourth-order valence-corrected chi connectivity index (χ4v) is 2.38. The topological polar surface area (TPSA) is 140 Å². The van der Waals surface area contributed by atoms with Crippen molar-refractivity contribution in [3.63, 3.8) is 0 Å². The minimum absolute atomic E-state index is 0.0101. The Balaban J connectivity index is 2.15. The number of aromatic nitrogens is 2. The number of nitrogens with one attached hydrogen (secondary N) is 1. The second-order valence-corrected chi connectivity index (χ2v) is 5.34. The maximum Gasteiger partial charge on any atom is 0.323 e. The number of nitro benzene ring substituents is 2. The van der Waals surface area contributed by atoms with Crippen LogP contribution in [0.3, 0.4) is 0 Å². The first-order valence-corrected chi connectivity index (χ1v) is 7.01. The number of hydrogen-bond acceptors (Lipinski definition) is 9. The van der Waals surface area contributed by atoms with E-state index in [0.29, 0.717) is 17.1 Å². The Morgan fingerprint density at radius 1 is 1.08 bits per heavy atom. The van der Waals surface area contributed by atoms with Crippen LogP contribution >= 0.6 is 0 Å². The van der Waals surface area contributed by atoms with Gasteiger partial charge in [0.05, 0.1) is 15.5 Å². The van der Waals surface area contributed by atoms with Crippen molar-refractivity contribution in [2.24, 2.45) is 0 Å².